The van der Waals surface area contributed by atoms with Gasteiger partial charge >= 0.3 is 6.18 Å². The summed E-state index contributed by atoms with van der Waals surface area (Å²) in [5.41, 5.74) is 3.32. The standard InChI is InChI=1S/C31H31F3N4O2/c32-31(33,34)24-11-12-27-28(17-24)36-29(35-27)21-9-7-20(8-10-21)22-4-3-5-23(16-22)30(40)38-14-2-1-6-25(38)18-37-15-13-26(39)19-37/h3-5,7-12,16-17,25-26,39H,1-2,6,13-15,18-19H2,(H,35,36). The summed E-state index contributed by atoms with van der Waals surface area (Å²) >= 11 is 0. The minimum Gasteiger partial charge on any atom is -0.392 e. The third kappa shape index (κ3) is 5.48. The summed E-state index contributed by atoms with van der Waals surface area (Å²) in [5.74, 6) is 0.523. The smallest absolute Gasteiger partial charge is 0.392 e. The van der Waals surface area contributed by atoms with Gasteiger partial charge in [-0.2, -0.15) is 13.2 Å². The van der Waals surface area contributed by atoms with E-state index in [1.807, 2.05) is 53.4 Å². The number of likely N-dealkylation sites (tertiary alicyclic amines) is 2. The first-order chi connectivity index (χ1) is 19.2. The number of piperidine rings is 1. The molecule has 1 amide bonds. The average Bonchev–Trinajstić information content (AvgIpc) is 3.58. The number of halogens is 3. The van der Waals surface area contributed by atoms with Crippen molar-refractivity contribution in [2.75, 3.05) is 26.2 Å². The molecule has 3 aromatic carbocycles. The molecule has 208 valence electrons. The molecule has 2 N–H and O–H groups in total. The number of imidazole rings is 1. The highest BCUT2D eigenvalue weighted by molar-refractivity contribution is 5.96. The third-order valence-corrected chi connectivity index (χ3v) is 8.01. The van der Waals surface area contributed by atoms with Crippen LogP contribution in [0.5, 0.6) is 0 Å². The van der Waals surface area contributed by atoms with Crippen LogP contribution < -0.4 is 0 Å². The topological polar surface area (TPSA) is 72.5 Å². The zero-order chi connectivity index (χ0) is 27.9. The van der Waals surface area contributed by atoms with E-state index in [2.05, 4.69) is 14.9 Å². The number of rotatable bonds is 5. The lowest BCUT2D eigenvalue weighted by Crippen LogP contribution is -2.49. The van der Waals surface area contributed by atoms with Crippen molar-refractivity contribution < 1.29 is 23.1 Å². The summed E-state index contributed by atoms with van der Waals surface area (Å²) in [6.45, 7) is 3.07. The second-order valence-corrected chi connectivity index (χ2v) is 10.8. The number of amides is 1. The Labute approximate surface area is 230 Å². The maximum Gasteiger partial charge on any atom is 0.416 e. The molecule has 2 saturated heterocycles. The number of aliphatic hydroxyl groups is 1. The largest absolute Gasteiger partial charge is 0.416 e. The minimum atomic E-state index is -4.41. The lowest BCUT2D eigenvalue weighted by atomic mass is 9.98. The van der Waals surface area contributed by atoms with E-state index in [1.165, 1.54) is 6.07 Å². The maximum absolute atomic E-state index is 13.6. The molecule has 2 aliphatic heterocycles. The maximum atomic E-state index is 13.6. The SMILES string of the molecule is O=C(c1cccc(-c2ccc(-c3nc4ccc(C(F)(F)F)cc4[nH]3)cc2)c1)N1CCCCC1CN1CCC(O)C1. The number of alkyl halides is 3. The predicted molar refractivity (Wildman–Crippen MR) is 148 cm³/mol. The van der Waals surface area contributed by atoms with Gasteiger partial charge in [-0.3, -0.25) is 9.69 Å². The Morgan fingerprint density at radius 3 is 2.50 bits per heavy atom. The second-order valence-electron chi connectivity index (χ2n) is 10.8. The van der Waals surface area contributed by atoms with Crippen LogP contribution in [-0.4, -0.2) is 69.1 Å². The van der Waals surface area contributed by atoms with Gasteiger partial charge < -0.3 is 15.0 Å². The van der Waals surface area contributed by atoms with E-state index in [0.29, 0.717) is 29.0 Å². The van der Waals surface area contributed by atoms with E-state index in [0.717, 1.165) is 74.1 Å². The van der Waals surface area contributed by atoms with Crippen molar-refractivity contribution in [2.24, 2.45) is 0 Å². The van der Waals surface area contributed by atoms with Gasteiger partial charge in [0.15, 0.2) is 0 Å². The number of hydrogen-bond acceptors (Lipinski definition) is 4. The van der Waals surface area contributed by atoms with Crippen molar-refractivity contribution >= 4 is 16.9 Å². The molecule has 6 rings (SSSR count). The molecule has 2 unspecified atom stereocenters. The second kappa shape index (κ2) is 10.7. The van der Waals surface area contributed by atoms with Crippen molar-refractivity contribution in [2.45, 2.75) is 44.0 Å². The molecule has 2 fully saturated rings. The van der Waals surface area contributed by atoms with Gasteiger partial charge in [0.25, 0.3) is 5.91 Å². The summed E-state index contributed by atoms with van der Waals surface area (Å²) in [6, 6.07) is 18.9. The lowest BCUT2D eigenvalue weighted by Gasteiger charge is -2.38. The number of aromatic nitrogens is 2. The summed E-state index contributed by atoms with van der Waals surface area (Å²) in [5, 5.41) is 9.91. The van der Waals surface area contributed by atoms with Crippen LogP contribution in [-0.2, 0) is 6.18 Å². The first-order valence-corrected chi connectivity index (χ1v) is 13.7. The van der Waals surface area contributed by atoms with Gasteiger partial charge in [-0.25, -0.2) is 4.98 Å². The number of aromatic amines is 1. The van der Waals surface area contributed by atoms with Crippen molar-refractivity contribution in [3.8, 4) is 22.5 Å². The number of nitrogens with one attached hydrogen (secondary N) is 1. The van der Waals surface area contributed by atoms with Gasteiger partial charge in [-0.05, 0) is 67.1 Å². The molecule has 0 radical (unpaired) electrons. The van der Waals surface area contributed by atoms with Crippen LogP contribution >= 0.6 is 0 Å². The van der Waals surface area contributed by atoms with Crippen LogP contribution in [0.2, 0.25) is 0 Å². The predicted octanol–water partition coefficient (Wildman–Crippen LogP) is 5.98. The minimum absolute atomic E-state index is 0.0309. The molecule has 2 aliphatic rings. The highest BCUT2D eigenvalue weighted by Crippen LogP contribution is 2.32. The van der Waals surface area contributed by atoms with Crippen LogP contribution in [0.4, 0.5) is 13.2 Å². The Kier molecular flexibility index (Phi) is 7.10. The van der Waals surface area contributed by atoms with Crippen molar-refractivity contribution in [3.63, 3.8) is 0 Å². The van der Waals surface area contributed by atoms with Crippen LogP contribution in [0.25, 0.3) is 33.5 Å². The Morgan fingerprint density at radius 1 is 0.950 bits per heavy atom. The first-order valence-electron chi connectivity index (χ1n) is 13.7. The van der Waals surface area contributed by atoms with Crippen LogP contribution in [0, 0.1) is 0 Å². The van der Waals surface area contributed by atoms with E-state index in [1.54, 1.807) is 0 Å². The number of carbonyl (C=O) groups is 1. The number of H-pyrrole nitrogens is 1. The number of benzene rings is 3. The fraction of sp³-hybridized carbons (Fsp3) is 0.355. The summed E-state index contributed by atoms with van der Waals surface area (Å²) in [4.78, 5) is 25.3. The van der Waals surface area contributed by atoms with Crippen LogP contribution in [0.3, 0.4) is 0 Å². The number of β-amino-alcohol motifs (C(OH)–C–C–N with tert-alkyl or cyclic N) is 1. The molecule has 0 saturated carbocycles. The van der Waals surface area contributed by atoms with E-state index in [-0.39, 0.29) is 18.1 Å². The molecule has 2 atom stereocenters. The van der Waals surface area contributed by atoms with Gasteiger partial charge in [-0.1, -0.05) is 36.4 Å². The van der Waals surface area contributed by atoms with Crippen LogP contribution in [0.1, 0.15) is 41.6 Å². The van der Waals surface area contributed by atoms with E-state index < -0.39 is 11.7 Å². The van der Waals surface area contributed by atoms with E-state index >= 15 is 0 Å². The summed E-state index contributed by atoms with van der Waals surface area (Å²) in [6.07, 6.45) is -0.832. The molecule has 40 heavy (non-hydrogen) atoms. The third-order valence-electron chi connectivity index (χ3n) is 8.01. The lowest BCUT2D eigenvalue weighted by molar-refractivity contribution is -0.137. The molecular formula is C31H31F3N4O2. The van der Waals surface area contributed by atoms with E-state index in [4.69, 9.17) is 0 Å². The van der Waals surface area contributed by atoms with Gasteiger partial charge in [0, 0.05) is 43.3 Å². The van der Waals surface area contributed by atoms with Crippen molar-refractivity contribution in [1.82, 2.24) is 19.8 Å². The van der Waals surface area contributed by atoms with E-state index in [9.17, 15) is 23.1 Å². The molecule has 4 aromatic rings. The summed E-state index contributed by atoms with van der Waals surface area (Å²) in [7, 11) is 0. The van der Waals surface area contributed by atoms with Gasteiger partial charge in [-0.15, -0.1) is 0 Å². The molecule has 1 aromatic heterocycles. The number of aliphatic hydroxyl groups excluding tert-OH is 1. The fourth-order valence-corrected chi connectivity index (χ4v) is 5.87. The number of fused-ring (bicyclic) bond motifs is 1. The first kappa shape index (κ1) is 26.5. The fourth-order valence-electron chi connectivity index (χ4n) is 5.87. The quantitative estimate of drug-likeness (QED) is 0.322. The Hall–Kier alpha value is -3.69. The van der Waals surface area contributed by atoms with Crippen molar-refractivity contribution in [1.29, 1.82) is 0 Å². The van der Waals surface area contributed by atoms with Gasteiger partial charge in [0.05, 0.1) is 22.7 Å². The van der Waals surface area contributed by atoms with Crippen molar-refractivity contribution in [3.05, 3.63) is 77.9 Å². The number of hydrogen-bond donors (Lipinski definition) is 2. The average molecular weight is 549 g/mol. The normalized spacial score (nSPS) is 20.4. The van der Waals surface area contributed by atoms with Gasteiger partial charge in [0.2, 0.25) is 0 Å². The monoisotopic (exact) mass is 548 g/mol. The summed E-state index contributed by atoms with van der Waals surface area (Å²) < 4.78 is 39.2. The highest BCUT2D eigenvalue weighted by atomic mass is 19.4. The Morgan fingerprint density at radius 2 is 1.75 bits per heavy atom. The molecule has 0 spiro atoms. The number of carbonyl (C=O) groups excluding carboxylic acids is 1. The highest BCUT2D eigenvalue weighted by Gasteiger charge is 2.32. The van der Waals surface area contributed by atoms with Crippen LogP contribution in [0.15, 0.2) is 66.7 Å². The molecule has 9 heteroatoms. The molecule has 3 heterocycles. The zero-order valence-corrected chi connectivity index (χ0v) is 22.0. The molecular weight excluding hydrogens is 517 g/mol. The molecule has 6 nitrogen and oxygen atoms in total. The molecule has 0 bridgehead atoms. The Bertz CT molecular complexity index is 1520. The number of nitrogens with zero attached hydrogens (tertiary/aromatic N) is 3. The zero-order valence-electron chi connectivity index (χ0n) is 22.0. The Balaban J connectivity index is 1.19. The molecule has 0 aliphatic carbocycles. The van der Waals surface area contributed by atoms with Gasteiger partial charge in [0.1, 0.15) is 5.82 Å².